The molecule has 0 unspecified atom stereocenters. The lowest BCUT2D eigenvalue weighted by Gasteiger charge is -2.24. The van der Waals surface area contributed by atoms with E-state index < -0.39 is 0 Å². The van der Waals surface area contributed by atoms with Crippen molar-refractivity contribution in [2.75, 3.05) is 46.9 Å². The Bertz CT molecular complexity index is 270. The zero-order valence-corrected chi connectivity index (χ0v) is 16.2. The molecule has 126 valence electrons. The van der Waals surface area contributed by atoms with Crippen LogP contribution in [0.25, 0.3) is 0 Å². The van der Waals surface area contributed by atoms with Gasteiger partial charge in [-0.15, -0.1) is 24.0 Å². The number of nitrogens with zero attached hydrogens (tertiary/aromatic N) is 2. The number of ether oxygens (including phenoxy) is 1. The van der Waals surface area contributed by atoms with Crippen LogP contribution in [-0.4, -0.2) is 63.8 Å². The molecular formula is C15H33IN4O. The van der Waals surface area contributed by atoms with Gasteiger partial charge >= 0.3 is 0 Å². The molecule has 0 heterocycles. The molecule has 1 fully saturated rings. The minimum Gasteiger partial charge on any atom is -0.385 e. The predicted octanol–water partition coefficient (Wildman–Crippen LogP) is 2.07. The maximum absolute atomic E-state index is 5.04. The van der Waals surface area contributed by atoms with Gasteiger partial charge in [-0.25, -0.2) is 0 Å². The van der Waals surface area contributed by atoms with E-state index in [1.165, 1.54) is 25.7 Å². The fourth-order valence-electron chi connectivity index (χ4n) is 2.62. The van der Waals surface area contributed by atoms with Gasteiger partial charge in [0.05, 0.1) is 0 Å². The highest BCUT2D eigenvalue weighted by molar-refractivity contribution is 14.0. The molecule has 0 aromatic heterocycles. The van der Waals surface area contributed by atoms with E-state index in [1.807, 2.05) is 0 Å². The smallest absolute Gasteiger partial charge is 0.191 e. The Morgan fingerprint density at radius 2 is 2.00 bits per heavy atom. The first-order valence-electron chi connectivity index (χ1n) is 7.99. The SMILES string of the molecule is CCNC(=NCCCOC)NCCN(C)C1CCCC1.I. The van der Waals surface area contributed by atoms with Crippen LogP contribution in [-0.2, 0) is 4.74 Å². The average molecular weight is 412 g/mol. The molecule has 21 heavy (non-hydrogen) atoms. The summed E-state index contributed by atoms with van der Waals surface area (Å²) in [5, 5.41) is 6.69. The molecule has 1 aliphatic rings. The lowest BCUT2D eigenvalue weighted by atomic mass is 10.2. The normalized spacial score (nSPS) is 16.1. The number of halogens is 1. The molecule has 0 aromatic carbocycles. The van der Waals surface area contributed by atoms with Crippen molar-refractivity contribution in [3.05, 3.63) is 0 Å². The first kappa shape index (κ1) is 20.9. The van der Waals surface area contributed by atoms with E-state index in [2.05, 4.69) is 34.5 Å². The first-order valence-corrected chi connectivity index (χ1v) is 7.99. The van der Waals surface area contributed by atoms with Gasteiger partial charge < -0.3 is 20.3 Å². The van der Waals surface area contributed by atoms with E-state index in [-0.39, 0.29) is 24.0 Å². The van der Waals surface area contributed by atoms with E-state index >= 15 is 0 Å². The molecule has 0 bridgehead atoms. The van der Waals surface area contributed by atoms with Gasteiger partial charge in [0.25, 0.3) is 0 Å². The van der Waals surface area contributed by atoms with Crippen molar-refractivity contribution in [2.24, 2.45) is 4.99 Å². The van der Waals surface area contributed by atoms with Gasteiger partial charge in [-0.1, -0.05) is 12.8 Å². The maximum atomic E-state index is 5.04. The summed E-state index contributed by atoms with van der Waals surface area (Å²) >= 11 is 0. The quantitative estimate of drug-likeness (QED) is 0.264. The van der Waals surface area contributed by atoms with Crippen LogP contribution in [0.2, 0.25) is 0 Å². The van der Waals surface area contributed by atoms with Gasteiger partial charge in [0.1, 0.15) is 0 Å². The fraction of sp³-hybridized carbons (Fsp3) is 0.933. The molecule has 1 aliphatic carbocycles. The molecule has 0 saturated heterocycles. The zero-order chi connectivity index (χ0) is 14.6. The molecular weight excluding hydrogens is 379 g/mol. The second-order valence-corrected chi connectivity index (χ2v) is 5.45. The number of methoxy groups -OCH3 is 1. The number of aliphatic imine (C=N–C) groups is 1. The van der Waals surface area contributed by atoms with Crippen molar-refractivity contribution in [3.8, 4) is 0 Å². The average Bonchev–Trinajstić information content (AvgIpc) is 2.97. The van der Waals surface area contributed by atoms with E-state index in [0.717, 1.165) is 51.2 Å². The third-order valence-corrected chi connectivity index (χ3v) is 3.83. The number of nitrogens with one attached hydrogen (secondary N) is 2. The molecule has 0 aliphatic heterocycles. The van der Waals surface area contributed by atoms with Gasteiger partial charge in [0.2, 0.25) is 0 Å². The van der Waals surface area contributed by atoms with Crippen LogP contribution in [0.4, 0.5) is 0 Å². The summed E-state index contributed by atoms with van der Waals surface area (Å²) in [7, 11) is 3.96. The third kappa shape index (κ3) is 9.52. The van der Waals surface area contributed by atoms with Crippen molar-refractivity contribution in [1.29, 1.82) is 0 Å². The van der Waals surface area contributed by atoms with Gasteiger partial charge in [-0.2, -0.15) is 0 Å². The summed E-state index contributed by atoms with van der Waals surface area (Å²) < 4.78 is 5.04. The Balaban J connectivity index is 0.00000400. The van der Waals surface area contributed by atoms with Crippen molar-refractivity contribution < 1.29 is 4.74 Å². The van der Waals surface area contributed by atoms with Gasteiger partial charge in [0, 0.05) is 45.9 Å². The second kappa shape index (κ2) is 13.6. The number of rotatable bonds is 9. The highest BCUT2D eigenvalue weighted by Gasteiger charge is 2.18. The monoisotopic (exact) mass is 412 g/mol. The molecule has 1 rings (SSSR count). The summed E-state index contributed by atoms with van der Waals surface area (Å²) in [6, 6.07) is 0.790. The van der Waals surface area contributed by atoms with E-state index in [0.29, 0.717) is 0 Å². The minimum atomic E-state index is 0. The van der Waals surface area contributed by atoms with Crippen molar-refractivity contribution >= 4 is 29.9 Å². The van der Waals surface area contributed by atoms with Crippen LogP contribution >= 0.6 is 24.0 Å². The third-order valence-electron chi connectivity index (χ3n) is 3.83. The lowest BCUT2D eigenvalue weighted by Crippen LogP contribution is -2.42. The molecule has 0 aromatic rings. The maximum Gasteiger partial charge on any atom is 0.191 e. The summed E-state index contributed by atoms with van der Waals surface area (Å²) in [6.07, 6.45) is 6.48. The largest absolute Gasteiger partial charge is 0.385 e. The van der Waals surface area contributed by atoms with Gasteiger partial charge in [0.15, 0.2) is 5.96 Å². The zero-order valence-electron chi connectivity index (χ0n) is 13.9. The minimum absolute atomic E-state index is 0. The van der Waals surface area contributed by atoms with Crippen LogP contribution in [0.3, 0.4) is 0 Å². The Morgan fingerprint density at radius 3 is 2.62 bits per heavy atom. The molecule has 0 radical (unpaired) electrons. The molecule has 6 heteroatoms. The second-order valence-electron chi connectivity index (χ2n) is 5.45. The summed E-state index contributed by atoms with van der Waals surface area (Å²) in [5.74, 6) is 0.920. The highest BCUT2D eigenvalue weighted by atomic mass is 127. The van der Waals surface area contributed by atoms with Crippen LogP contribution < -0.4 is 10.6 Å². The van der Waals surface area contributed by atoms with E-state index in [4.69, 9.17) is 4.74 Å². The molecule has 2 N–H and O–H groups in total. The standard InChI is InChI=1S/C15H32N4O.HI/c1-4-16-15(17-10-7-13-20-3)18-11-12-19(2)14-8-5-6-9-14;/h14H,4-13H2,1-3H3,(H2,16,17,18);1H. The Labute approximate surface area is 147 Å². The Morgan fingerprint density at radius 1 is 1.29 bits per heavy atom. The van der Waals surface area contributed by atoms with Gasteiger partial charge in [-0.3, -0.25) is 4.99 Å². The Kier molecular flexibility index (Phi) is 13.5. The van der Waals surface area contributed by atoms with Crippen LogP contribution in [0.15, 0.2) is 4.99 Å². The number of hydrogen-bond donors (Lipinski definition) is 2. The van der Waals surface area contributed by atoms with E-state index in [1.54, 1.807) is 7.11 Å². The lowest BCUT2D eigenvalue weighted by molar-refractivity contribution is 0.197. The van der Waals surface area contributed by atoms with Crippen LogP contribution in [0, 0.1) is 0 Å². The van der Waals surface area contributed by atoms with Gasteiger partial charge in [-0.05, 0) is 33.2 Å². The summed E-state index contributed by atoms with van der Waals surface area (Å²) in [5.41, 5.74) is 0. The van der Waals surface area contributed by atoms with Crippen molar-refractivity contribution in [1.82, 2.24) is 15.5 Å². The fourth-order valence-corrected chi connectivity index (χ4v) is 2.62. The Hall–Kier alpha value is -0.0800. The van der Waals surface area contributed by atoms with Crippen LogP contribution in [0.5, 0.6) is 0 Å². The van der Waals surface area contributed by atoms with Crippen molar-refractivity contribution in [2.45, 2.75) is 45.1 Å². The molecule has 5 nitrogen and oxygen atoms in total. The topological polar surface area (TPSA) is 48.9 Å². The summed E-state index contributed by atoms with van der Waals surface area (Å²) in [4.78, 5) is 7.02. The van der Waals surface area contributed by atoms with Crippen LogP contribution in [0.1, 0.15) is 39.0 Å². The number of guanidine groups is 1. The first-order chi connectivity index (χ1) is 9.77. The number of likely N-dealkylation sites (N-methyl/N-ethyl adjacent to an activating group) is 1. The molecule has 0 amide bonds. The van der Waals surface area contributed by atoms with E-state index in [9.17, 15) is 0 Å². The molecule has 1 saturated carbocycles. The van der Waals surface area contributed by atoms with Crippen molar-refractivity contribution in [3.63, 3.8) is 0 Å². The predicted molar refractivity (Wildman–Crippen MR) is 101 cm³/mol. The highest BCUT2D eigenvalue weighted by Crippen LogP contribution is 2.21. The molecule has 0 atom stereocenters. The molecule has 0 spiro atoms. The number of hydrogen-bond acceptors (Lipinski definition) is 3. The summed E-state index contributed by atoms with van der Waals surface area (Å²) in [6.45, 7) is 6.59.